The van der Waals surface area contributed by atoms with Crippen molar-refractivity contribution in [2.75, 3.05) is 6.54 Å². The molecule has 206 valence electrons. The van der Waals surface area contributed by atoms with Gasteiger partial charge in [-0.3, -0.25) is 9.78 Å². The average molecular weight is 547 g/mol. The van der Waals surface area contributed by atoms with E-state index in [-0.39, 0.29) is 47.4 Å². The molecule has 9 nitrogen and oxygen atoms in total. The number of carbonyl (C=O) groups is 1. The van der Waals surface area contributed by atoms with Crippen LogP contribution in [0.3, 0.4) is 0 Å². The van der Waals surface area contributed by atoms with Gasteiger partial charge >= 0.3 is 0 Å². The summed E-state index contributed by atoms with van der Waals surface area (Å²) < 4.78 is 34.7. The van der Waals surface area contributed by atoms with Crippen molar-refractivity contribution >= 4 is 5.91 Å². The number of rotatable bonds is 7. The standard InChI is InChI=1S/C29H28F2N6O3/c1-15(38)11-33-24(39)9-16-14-40-27(34-16)22-12-32-13-23(35-22)29-8-7-18(28(29,2)3)17-10-21(36-37-26(17)29)25-19(30)5-4-6-20(25)31/h4-6,10,12-15,18,38H,7-9,11H2,1-3H3,(H,33,39)/t15-,18+,29+/m1/s1. The summed E-state index contributed by atoms with van der Waals surface area (Å²) in [6, 6.07) is 5.51. The number of aliphatic hydroxyl groups excluding tert-OH is 1. The number of oxazole rings is 1. The van der Waals surface area contributed by atoms with E-state index in [0.717, 1.165) is 24.1 Å². The minimum atomic E-state index is -0.685. The van der Waals surface area contributed by atoms with E-state index >= 15 is 0 Å². The maximum Gasteiger partial charge on any atom is 0.246 e. The van der Waals surface area contributed by atoms with E-state index in [2.05, 4.69) is 39.3 Å². The lowest BCUT2D eigenvalue weighted by Gasteiger charge is -2.37. The van der Waals surface area contributed by atoms with Crippen LogP contribution in [0.5, 0.6) is 0 Å². The molecule has 6 rings (SSSR count). The maximum absolute atomic E-state index is 14.5. The lowest BCUT2D eigenvalue weighted by atomic mass is 9.66. The Balaban J connectivity index is 1.35. The van der Waals surface area contributed by atoms with E-state index in [1.165, 1.54) is 24.5 Å². The Kier molecular flexibility index (Phi) is 6.21. The van der Waals surface area contributed by atoms with Crippen molar-refractivity contribution in [1.29, 1.82) is 0 Å². The molecular weight excluding hydrogens is 518 g/mol. The first-order valence-corrected chi connectivity index (χ1v) is 13.2. The number of aliphatic hydroxyl groups is 1. The van der Waals surface area contributed by atoms with Gasteiger partial charge in [-0.15, -0.1) is 5.10 Å². The van der Waals surface area contributed by atoms with E-state index in [4.69, 9.17) is 9.40 Å². The Hall–Kier alpha value is -4.12. The van der Waals surface area contributed by atoms with Gasteiger partial charge in [-0.25, -0.2) is 18.7 Å². The number of halogens is 2. The molecule has 1 amide bonds. The molecule has 3 heterocycles. The summed E-state index contributed by atoms with van der Waals surface area (Å²) in [4.78, 5) is 25.9. The van der Waals surface area contributed by atoms with Crippen LogP contribution in [0.25, 0.3) is 22.8 Å². The predicted molar refractivity (Wildman–Crippen MR) is 140 cm³/mol. The molecule has 3 atom stereocenters. The smallest absolute Gasteiger partial charge is 0.246 e. The molecule has 1 aromatic carbocycles. The van der Waals surface area contributed by atoms with Gasteiger partial charge in [-0.2, -0.15) is 5.10 Å². The van der Waals surface area contributed by atoms with Crippen molar-refractivity contribution in [1.82, 2.24) is 30.5 Å². The fourth-order valence-corrected chi connectivity index (χ4v) is 6.43. The molecule has 1 fully saturated rings. The molecule has 0 unspecified atom stereocenters. The number of hydrogen-bond donors (Lipinski definition) is 2. The summed E-state index contributed by atoms with van der Waals surface area (Å²) in [5.41, 5.74) is 2.21. The first kappa shape index (κ1) is 26.1. The first-order valence-electron chi connectivity index (χ1n) is 13.2. The quantitative estimate of drug-likeness (QED) is 0.355. The lowest BCUT2D eigenvalue weighted by molar-refractivity contribution is -0.120. The summed E-state index contributed by atoms with van der Waals surface area (Å²) in [7, 11) is 0. The van der Waals surface area contributed by atoms with Crippen LogP contribution in [-0.2, 0) is 16.6 Å². The second-order valence-corrected chi connectivity index (χ2v) is 11.1. The molecule has 11 heteroatoms. The average Bonchev–Trinajstić information content (AvgIpc) is 3.55. The first-order chi connectivity index (χ1) is 19.1. The molecule has 2 N–H and O–H groups in total. The highest BCUT2D eigenvalue weighted by Crippen LogP contribution is 2.69. The second-order valence-electron chi connectivity index (χ2n) is 11.1. The highest BCUT2D eigenvalue weighted by atomic mass is 19.1. The molecular formula is C29H28F2N6O3. The minimum absolute atomic E-state index is 0.00408. The molecule has 0 radical (unpaired) electrons. The number of nitrogens with zero attached hydrogens (tertiary/aromatic N) is 5. The molecule has 3 aromatic heterocycles. The number of fused-ring (bicyclic) bond motifs is 5. The summed E-state index contributed by atoms with van der Waals surface area (Å²) in [6.45, 7) is 6.04. The topological polar surface area (TPSA) is 127 Å². The van der Waals surface area contributed by atoms with E-state index in [9.17, 15) is 18.7 Å². The second kappa shape index (κ2) is 9.51. The third-order valence-corrected chi connectivity index (χ3v) is 8.38. The third-order valence-electron chi connectivity index (χ3n) is 8.38. The van der Waals surface area contributed by atoms with Crippen LogP contribution in [0.2, 0.25) is 0 Å². The zero-order valence-corrected chi connectivity index (χ0v) is 22.3. The molecule has 0 aliphatic heterocycles. The number of nitrogens with one attached hydrogen (secondary N) is 1. The van der Waals surface area contributed by atoms with Crippen molar-refractivity contribution in [2.45, 2.75) is 57.5 Å². The Morgan fingerprint density at radius 1 is 1.18 bits per heavy atom. The Labute approximate surface area is 229 Å². The normalized spacial score (nSPS) is 21.3. The molecule has 1 saturated carbocycles. The van der Waals surface area contributed by atoms with Gasteiger partial charge in [-0.05, 0) is 54.9 Å². The number of hydrogen-bond acceptors (Lipinski definition) is 8. The largest absolute Gasteiger partial charge is 0.443 e. The highest BCUT2D eigenvalue weighted by Gasteiger charge is 2.65. The van der Waals surface area contributed by atoms with Crippen molar-refractivity contribution < 1.29 is 23.1 Å². The monoisotopic (exact) mass is 546 g/mol. The van der Waals surface area contributed by atoms with E-state index in [1.54, 1.807) is 25.4 Å². The van der Waals surface area contributed by atoms with Gasteiger partial charge in [0.1, 0.15) is 23.6 Å². The van der Waals surface area contributed by atoms with Crippen LogP contribution in [0, 0.1) is 17.0 Å². The zero-order valence-electron chi connectivity index (χ0n) is 22.3. The van der Waals surface area contributed by atoms with E-state index < -0.39 is 23.2 Å². The van der Waals surface area contributed by atoms with Gasteiger partial charge in [0.05, 0.1) is 52.5 Å². The van der Waals surface area contributed by atoms with Crippen molar-refractivity contribution in [3.8, 4) is 22.8 Å². The van der Waals surface area contributed by atoms with Gasteiger partial charge in [0, 0.05) is 12.7 Å². The maximum atomic E-state index is 14.5. The molecule has 2 aliphatic rings. The fourth-order valence-electron chi connectivity index (χ4n) is 6.43. The Morgan fingerprint density at radius 2 is 1.95 bits per heavy atom. The van der Waals surface area contributed by atoms with Gasteiger partial charge in [0.15, 0.2) is 0 Å². The molecule has 2 aliphatic carbocycles. The van der Waals surface area contributed by atoms with Crippen LogP contribution in [-0.4, -0.2) is 48.8 Å². The number of aromatic nitrogens is 5. The van der Waals surface area contributed by atoms with Crippen LogP contribution in [0.1, 0.15) is 62.2 Å². The van der Waals surface area contributed by atoms with Crippen LogP contribution in [0.15, 0.2) is 47.3 Å². The molecule has 2 bridgehead atoms. The molecule has 0 saturated heterocycles. The van der Waals surface area contributed by atoms with Crippen molar-refractivity contribution in [3.63, 3.8) is 0 Å². The van der Waals surface area contributed by atoms with Gasteiger partial charge in [-0.1, -0.05) is 19.9 Å². The molecule has 0 spiro atoms. The third kappa shape index (κ3) is 3.98. The van der Waals surface area contributed by atoms with Crippen molar-refractivity contribution in [3.05, 3.63) is 77.2 Å². The lowest BCUT2D eigenvalue weighted by Crippen LogP contribution is -2.38. The summed E-state index contributed by atoms with van der Waals surface area (Å²) in [5.74, 6) is -1.34. The van der Waals surface area contributed by atoms with E-state index in [0.29, 0.717) is 17.1 Å². The SMILES string of the molecule is C[C@@H](O)CNC(=O)Cc1coc(-c2cncc([C@@]34CC[C@@H](c5cc(-c6c(F)cccc6F)nnc53)C4(C)C)n2)n1. The van der Waals surface area contributed by atoms with Crippen LogP contribution < -0.4 is 5.32 Å². The highest BCUT2D eigenvalue weighted by molar-refractivity contribution is 5.78. The summed E-state index contributed by atoms with van der Waals surface area (Å²) in [5, 5.41) is 20.8. The van der Waals surface area contributed by atoms with Gasteiger partial charge in [0.25, 0.3) is 0 Å². The zero-order chi connectivity index (χ0) is 28.2. The van der Waals surface area contributed by atoms with Gasteiger partial charge < -0.3 is 14.8 Å². The Morgan fingerprint density at radius 3 is 2.70 bits per heavy atom. The number of carbonyl (C=O) groups excluding carboxylic acids is 1. The van der Waals surface area contributed by atoms with Crippen molar-refractivity contribution in [2.24, 2.45) is 5.41 Å². The summed E-state index contributed by atoms with van der Waals surface area (Å²) in [6.07, 6.45) is 5.62. The summed E-state index contributed by atoms with van der Waals surface area (Å²) >= 11 is 0. The molecule has 4 aromatic rings. The fraction of sp³-hybridized carbons (Fsp3) is 0.379. The minimum Gasteiger partial charge on any atom is -0.443 e. The van der Waals surface area contributed by atoms with E-state index in [1.807, 2.05) is 0 Å². The van der Waals surface area contributed by atoms with Gasteiger partial charge in [0.2, 0.25) is 11.8 Å². The van der Waals surface area contributed by atoms with Crippen LogP contribution in [0.4, 0.5) is 8.78 Å². The number of amides is 1. The predicted octanol–water partition coefficient (Wildman–Crippen LogP) is 4.11. The Bertz CT molecular complexity index is 1600. The number of benzene rings is 1. The molecule has 40 heavy (non-hydrogen) atoms. The van der Waals surface area contributed by atoms with Crippen LogP contribution >= 0.6 is 0 Å².